The van der Waals surface area contributed by atoms with E-state index >= 15 is 0 Å². The number of amides is 1. The summed E-state index contributed by atoms with van der Waals surface area (Å²) in [4.78, 5) is 12.1. The lowest BCUT2D eigenvalue weighted by molar-refractivity contribution is 0.0949. The Bertz CT molecular complexity index is 791. The van der Waals surface area contributed by atoms with Gasteiger partial charge in [-0.3, -0.25) is 14.2 Å². The summed E-state index contributed by atoms with van der Waals surface area (Å²) < 4.78 is 8.45. The summed E-state index contributed by atoms with van der Waals surface area (Å²) in [5.41, 5.74) is 2.47. The van der Waals surface area contributed by atoms with Crippen molar-refractivity contribution in [1.82, 2.24) is 24.9 Å². The fourth-order valence-electron chi connectivity index (χ4n) is 2.20. The van der Waals surface area contributed by atoms with Gasteiger partial charge in [0.15, 0.2) is 0 Å². The van der Waals surface area contributed by atoms with Crippen molar-refractivity contribution in [3.8, 4) is 17.1 Å². The minimum atomic E-state index is -0.208. The summed E-state index contributed by atoms with van der Waals surface area (Å²) in [6.45, 7) is 1.07. The zero-order valence-corrected chi connectivity index (χ0v) is 13.7. The Kier molecular flexibility index (Phi) is 4.42. The highest BCUT2D eigenvalue weighted by Gasteiger charge is 2.15. The molecule has 0 aliphatic heterocycles. The van der Waals surface area contributed by atoms with Crippen LogP contribution >= 0.6 is 11.3 Å². The van der Waals surface area contributed by atoms with Crippen molar-refractivity contribution >= 4 is 17.2 Å². The van der Waals surface area contributed by atoms with E-state index in [-0.39, 0.29) is 5.91 Å². The van der Waals surface area contributed by atoms with Crippen LogP contribution in [0, 0.1) is 0 Å². The third-order valence-corrected chi connectivity index (χ3v) is 4.00. The smallest absolute Gasteiger partial charge is 0.258 e. The summed E-state index contributed by atoms with van der Waals surface area (Å²) in [7, 11) is 3.24. The molecule has 23 heavy (non-hydrogen) atoms. The van der Waals surface area contributed by atoms with Crippen molar-refractivity contribution in [3.05, 3.63) is 40.8 Å². The van der Waals surface area contributed by atoms with Crippen molar-refractivity contribution in [2.24, 2.45) is 7.05 Å². The number of rotatable bonds is 6. The number of carbonyl (C=O) groups is 1. The number of aromatic nitrogens is 4. The molecule has 3 rings (SSSR count). The molecule has 3 aromatic rings. The van der Waals surface area contributed by atoms with Gasteiger partial charge in [-0.25, -0.2) is 0 Å². The fraction of sp³-hybridized carbons (Fsp3) is 0.267. The van der Waals surface area contributed by atoms with E-state index in [1.54, 1.807) is 29.3 Å². The van der Waals surface area contributed by atoms with Crippen molar-refractivity contribution in [1.29, 1.82) is 0 Å². The molecule has 0 aromatic carbocycles. The van der Waals surface area contributed by atoms with Crippen LogP contribution < -0.4 is 10.1 Å². The van der Waals surface area contributed by atoms with Crippen molar-refractivity contribution < 1.29 is 9.53 Å². The van der Waals surface area contributed by atoms with Crippen LogP contribution in [-0.4, -0.2) is 39.1 Å². The predicted molar refractivity (Wildman–Crippen MR) is 87.6 cm³/mol. The average molecular weight is 331 g/mol. The van der Waals surface area contributed by atoms with Crippen molar-refractivity contribution in [2.75, 3.05) is 13.7 Å². The first-order chi connectivity index (χ1) is 11.2. The SMILES string of the molecule is COc1nn(C)cc1C(=O)NCCn1ccc(-c2ccsc2)n1. The topological polar surface area (TPSA) is 74.0 Å². The molecule has 1 N–H and O–H groups in total. The minimum Gasteiger partial charge on any atom is -0.479 e. The molecule has 8 heteroatoms. The van der Waals surface area contributed by atoms with Crippen LogP contribution in [0.15, 0.2) is 35.3 Å². The van der Waals surface area contributed by atoms with E-state index < -0.39 is 0 Å². The first kappa shape index (κ1) is 15.3. The molecule has 0 unspecified atom stereocenters. The number of thiophene rings is 1. The molecule has 7 nitrogen and oxygen atoms in total. The number of carbonyl (C=O) groups excluding carboxylic acids is 1. The Morgan fingerprint density at radius 3 is 3.00 bits per heavy atom. The van der Waals surface area contributed by atoms with Crippen LogP contribution in [0.4, 0.5) is 0 Å². The van der Waals surface area contributed by atoms with E-state index in [0.29, 0.717) is 24.5 Å². The second-order valence-electron chi connectivity index (χ2n) is 4.96. The van der Waals surface area contributed by atoms with Gasteiger partial charge >= 0.3 is 0 Å². The molecule has 0 spiro atoms. The second-order valence-corrected chi connectivity index (χ2v) is 5.74. The van der Waals surface area contributed by atoms with E-state index in [4.69, 9.17) is 4.74 Å². The summed E-state index contributed by atoms with van der Waals surface area (Å²) in [5, 5.41) is 15.5. The van der Waals surface area contributed by atoms with E-state index in [2.05, 4.69) is 20.9 Å². The Labute approximate surface area is 137 Å². The zero-order valence-electron chi connectivity index (χ0n) is 12.9. The molecule has 3 heterocycles. The van der Waals surface area contributed by atoms with Gasteiger partial charge in [-0.2, -0.15) is 16.4 Å². The number of hydrogen-bond donors (Lipinski definition) is 1. The molecule has 0 radical (unpaired) electrons. The Hall–Kier alpha value is -2.61. The van der Waals surface area contributed by atoms with Gasteiger partial charge in [0.2, 0.25) is 5.88 Å². The van der Waals surface area contributed by atoms with Gasteiger partial charge in [-0.05, 0) is 17.5 Å². The summed E-state index contributed by atoms with van der Waals surface area (Å²) in [5.74, 6) is 0.115. The average Bonchev–Trinajstić information content (AvgIpc) is 3.26. The minimum absolute atomic E-state index is 0.208. The van der Waals surface area contributed by atoms with Crippen LogP contribution in [0.25, 0.3) is 11.3 Å². The predicted octanol–water partition coefficient (Wildman–Crippen LogP) is 1.78. The molecule has 0 bridgehead atoms. The number of aryl methyl sites for hydroxylation is 1. The third-order valence-electron chi connectivity index (χ3n) is 3.32. The molecule has 120 valence electrons. The van der Waals surface area contributed by atoms with Gasteiger partial charge in [0.25, 0.3) is 5.91 Å². The normalized spacial score (nSPS) is 10.7. The summed E-state index contributed by atoms with van der Waals surface area (Å²) >= 11 is 1.64. The van der Waals surface area contributed by atoms with Gasteiger partial charge in [0.1, 0.15) is 5.56 Å². The molecule has 0 saturated carbocycles. The lowest BCUT2D eigenvalue weighted by atomic mass is 10.2. The first-order valence-electron chi connectivity index (χ1n) is 7.09. The number of methoxy groups -OCH3 is 1. The quantitative estimate of drug-likeness (QED) is 0.747. The van der Waals surface area contributed by atoms with E-state index in [1.807, 2.05) is 28.4 Å². The van der Waals surface area contributed by atoms with E-state index in [9.17, 15) is 4.79 Å². The van der Waals surface area contributed by atoms with E-state index in [1.165, 1.54) is 7.11 Å². The van der Waals surface area contributed by atoms with Crippen LogP contribution in [0.5, 0.6) is 5.88 Å². The molecule has 0 atom stereocenters. The molecule has 0 aliphatic carbocycles. The molecular weight excluding hydrogens is 314 g/mol. The van der Waals surface area contributed by atoms with Crippen LogP contribution in [-0.2, 0) is 13.6 Å². The van der Waals surface area contributed by atoms with Gasteiger partial charge in [0.05, 0.1) is 19.3 Å². The Morgan fingerprint density at radius 1 is 1.39 bits per heavy atom. The lowest BCUT2D eigenvalue weighted by Gasteiger charge is -2.05. The highest BCUT2D eigenvalue weighted by Crippen LogP contribution is 2.19. The number of ether oxygens (including phenoxy) is 1. The standard InChI is InChI=1S/C15H17N5O2S/c1-19-9-12(15(18-19)22-2)14(21)16-5-7-20-6-3-13(17-20)11-4-8-23-10-11/h3-4,6,8-10H,5,7H2,1-2H3,(H,16,21). The maximum Gasteiger partial charge on any atom is 0.258 e. The molecular formula is C15H17N5O2S. The van der Waals surface area contributed by atoms with Gasteiger partial charge < -0.3 is 10.1 Å². The molecule has 1 amide bonds. The van der Waals surface area contributed by atoms with Gasteiger partial charge in [-0.15, -0.1) is 5.10 Å². The van der Waals surface area contributed by atoms with Crippen LogP contribution in [0.2, 0.25) is 0 Å². The number of hydrogen-bond acceptors (Lipinski definition) is 5. The third kappa shape index (κ3) is 3.42. The Balaban J connectivity index is 1.56. The second kappa shape index (κ2) is 6.66. The Morgan fingerprint density at radius 2 is 2.26 bits per heavy atom. The maximum atomic E-state index is 12.1. The van der Waals surface area contributed by atoms with Crippen LogP contribution in [0.3, 0.4) is 0 Å². The van der Waals surface area contributed by atoms with Crippen molar-refractivity contribution in [3.63, 3.8) is 0 Å². The first-order valence-corrected chi connectivity index (χ1v) is 8.03. The van der Waals surface area contributed by atoms with Crippen LogP contribution in [0.1, 0.15) is 10.4 Å². The summed E-state index contributed by atoms with van der Waals surface area (Å²) in [6.07, 6.45) is 3.54. The maximum absolute atomic E-state index is 12.1. The lowest BCUT2D eigenvalue weighted by Crippen LogP contribution is -2.27. The number of nitrogens with zero attached hydrogens (tertiary/aromatic N) is 4. The molecule has 0 fully saturated rings. The molecule has 0 aliphatic rings. The van der Waals surface area contributed by atoms with Crippen molar-refractivity contribution in [2.45, 2.75) is 6.54 Å². The highest BCUT2D eigenvalue weighted by molar-refractivity contribution is 7.08. The number of nitrogens with one attached hydrogen (secondary N) is 1. The van der Waals surface area contributed by atoms with E-state index in [0.717, 1.165) is 11.3 Å². The largest absolute Gasteiger partial charge is 0.479 e. The monoisotopic (exact) mass is 331 g/mol. The fourth-order valence-corrected chi connectivity index (χ4v) is 2.85. The highest BCUT2D eigenvalue weighted by atomic mass is 32.1. The van der Waals surface area contributed by atoms with Gasteiger partial charge in [0, 0.05) is 36.9 Å². The van der Waals surface area contributed by atoms with Gasteiger partial charge in [-0.1, -0.05) is 0 Å². The molecule has 0 saturated heterocycles. The summed E-state index contributed by atoms with van der Waals surface area (Å²) in [6, 6.07) is 4.00. The molecule has 3 aromatic heterocycles. The zero-order chi connectivity index (χ0) is 16.2.